The van der Waals surface area contributed by atoms with Crippen molar-refractivity contribution in [2.45, 2.75) is 65.7 Å². The summed E-state index contributed by atoms with van der Waals surface area (Å²) in [7, 11) is 0. The van der Waals surface area contributed by atoms with Crippen molar-refractivity contribution in [3.63, 3.8) is 0 Å². The van der Waals surface area contributed by atoms with Crippen LogP contribution in [0.4, 0.5) is 0 Å². The first-order valence-electron chi connectivity index (χ1n) is 5.83. The van der Waals surface area contributed by atoms with Crippen LogP contribution in [0.1, 0.15) is 65.7 Å². The van der Waals surface area contributed by atoms with Gasteiger partial charge in [-0.15, -0.1) is 0 Å². The molecule has 0 atom stereocenters. The van der Waals surface area contributed by atoms with E-state index < -0.39 is 0 Å². The van der Waals surface area contributed by atoms with E-state index in [1.165, 1.54) is 44.1 Å². The molecule has 0 heterocycles. The summed E-state index contributed by atoms with van der Waals surface area (Å²) in [6.07, 6.45) is 9.38. The fourth-order valence-corrected chi connectivity index (χ4v) is 1.46. The molecule has 0 nitrogen and oxygen atoms in total. The van der Waals surface area contributed by atoms with E-state index in [1.54, 1.807) is 0 Å². The van der Waals surface area contributed by atoms with E-state index >= 15 is 0 Å². The third kappa shape index (κ3) is 9.66. The Hall–Kier alpha value is -0.260. The van der Waals surface area contributed by atoms with Gasteiger partial charge in [-0.1, -0.05) is 58.6 Å². The Morgan fingerprint density at radius 3 is 2.23 bits per heavy atom. The summed E-state index contributed by atoms with van der Waals surface area (Å²) in [5, 5.41) is 0. The molecule has 0 aromatic heterocycles. The van der Waals surface area contributed by atoms with Crippen LogP contribution in [0, 0.1) is 5.92 Å². The molecule has 0 spiro atoms. The molecular weight excluding hydrogens is 156 g/mol. The smallest absolute Gasteiger partial charge is 0.0323 e. The monoisotopic (exact) mass is 182 g/mol. The highest BCUT2D eigenvalue weighted by molar-refractivity contribution is 4.91. The predicted octanol–water partition coefficient (Wildman–Crippen LogP) is 4.95. The lowest BCUT2D eigenvalue weighted by Gasteiger charge is -2.04. The van der Waals surface area contributed by atoms with Crippen molar-refractivity contribution in [1.82, 2.24) is 0 Å². The third-order valence-corrected chi connectivity index (χ3v) is 2.56. The highest BCUT2D eigenvalue weighted by Crippen LogP contribution is 2.13. The van der Waals surface area contributed by atoms with Gasteiger partial charge in [0.25, 0.3) is 0 Å². The molecule has 0 bridgehead atoms. The number of allylic oxidation sites excluding steroid dienone is 1. The minimum atomic E-state index is 0.880. The molecule has 0 unspecified atom stereocenters. The van der Waals surface area contributed by atoms with Crippen molar-refractivity contribution in [3.8, 4) is 0 Å². The standard InChI is InChI=1S/C13H26/c1-5-13(4)11-9-7-6-8-10-12(2)3/h12H,4-11H2,1-3H3. The molecule has 0 aliphatic rings. The number of hydrogen-bond acceptors (Lipinski definition) is 0. The van der Waals surface area contributed by atoms with Gasteiger partial charge in [-0.2, -0.15) is 0 Å². The molecule has 13 heavy (non-hydrogen) atoms. The van der Waals surface area contributed by atoms with Crippen molar-refractivity contribution in [3.05, 3.63) is 12.2 Å². The number of hydrogen-bond donors (Lipinski definition) is 0. The normalized spacial score (nSPS) is 10.8. The maximum atomic E-state index is 4.02. The van der Waals surface area contributed by atoms with Gasteiger partial charge in [0.2, 0.25) is 0 Å². The maximum absolute atomic E-state index is 4.02. The van der Waals surface area contributed by atoms with E-state index in [2.05, 4.69) is 27.4 Å². The zero-order valence-corrected chi connectivity index (χ0v) is 9.73. The van der Waals surface area contributed by atoms with Crippen LogP contribution in [0.25, 0.3) is 0 Å². The summed E-state index contributed by atoms with van der Waals surface area (Å²) in [6, 6.07) is 0. The Morgan fingerprint density at radius 1 is 1.08 bits per heavy atom. The lowest BCUT2D eigenvalue weighted by Crippen LogP contribution is -1.87. The molecule has 0 aromatic carbocycles. The summed E-state index contributed by atoms with van der Waals surface area (Å²) >= 11 is 0. The first-order chi connectivity index (χ1) is 6.16. The summed E-state index contributed by atoms with van der Waals surface area (Å²) in [5.41, 5.74) is 1.42. The summed E-state index contributed by atoms with van der Waals surface area (Å²) in [4.78, 5) is 0. The van der Waals surface area contributed by atoms with Crippen molar-refractivity contribution >= 4 is 0 Å². The highest BCUT2D eigenvalue weighted by Gasteiger charge is 1.95. The van der Waals surface area contributed by atoms with Crippen LogP contribution in [-0.4, -0.2) is 0 Å². The number of rotatable bonds is 8. The third-order valence-electron chi connectivity index (χ3n) is 2.56. The first-order valence-corrected chi connectivity index (χ1v) is 5.83. The first kappa shape index (κ1) is 12.7. The van der Waals surface area contributed by atoms with Crippen LogP contribution in [0.3, 0.4) is 0 Å². The van der Waals surface area contributed by atoms with Gasteiger partial charge in [-0.25, -0.2) is 0 Å². The summed E-state index contributed by atoms with van der Waals surface area (Å²) in [5.74, 6) is 0.880. The maximum Gasteiger partial charge on any atom is -0.0323 e. The molecule has 78 valence electrons. The predicted molar refractivity (Wildman–Crippen MR) is 62.0 cm³/mol. The van der Waals surface area contributed by atoms with E-state index in [1.807, 2.05) is 0 Å². The molecular formula is C13H26. The SMILES string of the molecule is C=C(CC)CCCCCCC(C)C. The Morgan fingerprint density at radius 2 is 1.69 bits per heavy atom. The summed E-state index contributed by atoms with van der Waals surface area (Å²) in [6.45, 7) is 10.8. The van der Waals surface area contributed by atoms with Crippen molar-refractivity contribution < 1.29 is 0 Å². The van der Waals surface area contributed by atoms with Crippen molar-refractivity contribution in [2.24, 2.45) is 5.92 Å². The van der Waals surface area contributed by atoms with E-state index in [4.69, 9.17) is 0 Å². The average Bonchev–Trinajstić information content (AvgIpc) is 2.10. The molecule has 0 aromatic rings. The minimum Gasteiger partial charge on any atom is -0.0999 e. The lowest BCUT2D eigenvalue weighted by atomic mass is 10.0. The molecule has 0 saturated carbocycles. The molecule has 0 rings (SSSR count). The second-order valence-electron chi connectivity index (χ2n) is 4.45. The largest absolute Gasteiger partial charge is 0.0999 e. The van der Waals surface area contributed by atoms with E-state index in [0.717, 1.165) is 12.3 Å². The topological polar surface area (TPSA) is 0 Å². The fourth-order valence-electron chi connectivity index (χ4n) is 1.46. The fraction of sp³-hybridized carbons (Fsp3) is 0.846. The number of unbranched alkanes of at least 4 members (excludes halogenated alkanes) is 3. The van der Waals surface area contributed by atoms with Gasteiger partial charge in [-0.3, -0.25) is 0 Å². The van der Waals surface area contributed by atoms with Gasteiger partial charge < -0.3 is 0 Å². The zero-order chi connectivity index (χ0) is 10.1. The molecule has 0 saturated heterocycles. The van der Waals surface area contributed by atoms with Gasteiger partial charge in [-0.05, 0) is 25.2 Å². The molecule has 0 fully saturated rings. The summed E-state index contributed by atoms with van der Waals surface area (Å²) < 4.78 is 0. The molecule has 0 aliphatic carbocycles. The molecule has 0 aliphatic heterocycles. The van der Waals surface area contributed by atoms with Crippen LogP contribution in [-0.2, 0) is 0 Å². The Balaban J connectivity index is 3.04. The minimum absolute atomic E-state index is 0.880. The highest BCUT2D eigenvalue weighted by atomic mass is 14.0. The van der Waals surface area contributed by atoms with Crippen LogP contribution < -0.4 is 0 Å². The second-order valence-corrected chi connectivity index (χ2v) is 4.45. The van der Waals surface area contributed by atoms with Crippen molar-refractivity contribution in [1.29, 1.82) is 0 Å². The molecule has 0 radical (unpaired) electrons. The van der Waals surface area contributed by atoms with Gasteiger partial charge in [0, 0.05) is 0 Å². The lowest BCUT2D eigenvalue weighted by molar-refractivity contribution is 0.519. The van der Waals surface area contributed by atoms with E-state index in [-0.39, 0.29) is 0 Å². The van der Waals surface area contributed by atoms with E-state index in [9.17, 15) is 0 Å². The van der Waals surface area contributed by atoms with Crippen LogP contribution in [0.2, 0.25) is 0 Å². The Kier molecular flexibility index (Phi) is 8.18. The average molecular weight is 182 g/mol. The second kappa shape index (κ2) is 8.34. The quantitative estimate of drug-likeness (QED) is 0.368. The Labute approximate surface area is 84.4 Å². The van der Waals surface area contributed by atoms with Crippen LogP contribution in [0.15, 0.2) is 12.2 Å². The Bertz CT molecular complexity index is 122. The van der Waals surface area contributed by atoms with Gasteiger partial charge in [0.15, 0.2) is 0 Å². The van der Waals surface area contributed by atoms with Crippen molar-refractivity contribution in [2.75, 3.05) is 0 Å². The molecule has 0 heteroatoms. The van der Waals surface area contributed by atoms with Gasteiger partial charge >= 0.3 is 0 Å². The molecule has 0 N–H and O–H groups in total. The van der Waals surface area contributed by atoms with Gasteiger partial charge in [0.1, 0.15) is 0 Å². The molecule has 0 amide bonds. The van der Waals surface area contributed by atoms with Crippen LogP contribution >= 0.6 is 0 Å². The zero-order valence-electron chi connectivity index (χ0n) is 9.73. The van der Waals surface area contributed by atoms with Gasteiger partial charge in [0.05, 0.1) is 0 Å². The van der Waals surface area contributed by atoms with Crippen LogP contribution in [0.5, 0.6) is 0 Å². The van der Waals surface area contributed by atoms with E-state index in [0.29, 0.717) is 0 Å².